The van der Waals surface area contributed by atoms with Crippen molar-refractivity contribution < 1.29 is 4.79 Å². The zero-order valence-electron chi connectivity index (χ0n) is 14.4. The Morgan fingerprint density at radius 2 is 2.00 bits per heavy atom. The third kappa shape index (κ3) is 3.08. The number of piperidine rings is 1. The molecule has 7 heteroatoms. The van der Waals surface area contributed by atoms with Crippen LogP contribution in [0.3, 0.4) is 0 Å². The number of thioether (sulfide) groups is 1. The molecule has 6 nitrogen and oxygen atoms in total. The van der Waals surface area contributed by atoms with Crippen LogP contribution in [0.5, 0.6) is 0 Å². The first-order valence-corrected chi connectivity index (χ1v) is 9.67. The Labute approximate surface area is 150 Å². The fraction of sp³-hybridized carbons (Fsp3) is 0.444. The molecule has 1 saturated heterocycles. The summed E-state index contributed by atoms with van der Waals surface area (Å²) >= 11 is 1.36. The molecule has 0 bridgehead atoms. The van der Waals surface area contributed by atoms with Gasteiger partial charge in [0.2, 0.25) is 11.1 Å². The Kier molecular flexibility index (Phi) is 4.33. The minimum absolute atomic E-state index is 0.157. The Morgan fingerprint density at radius 3 is 2.80 bits per heavy atom. The van der Waals surface area contributed by atoms with Gasteiger partial charge in [0, 0.05) is 23.0 Å². The molecule has 3 heterocycles. The summed E-state index contributed by atoms with van der Waals surface area (Å²) in [7, 11) is 0. The summed E-state index contributed by atoms with van der Waals surface area (Å²) in [5, 5.41) is 10.0. The first-order chi connectivity index (χ1) is 12.1. The van der Waals surface area contributed by atoms with E-state index in [1.165, 1.54) is 18.2 Å². The van der Waals surface area contributed by atoms with Crippen molar-refractivity contribution >= 4 is 39.7 Å². The van der Waals surface area contributed by atoms with Gasteiger partial charge in [0.1, 0.15) is 5.52 Å². The van der Waals surface area contributed by atoms with Gasteiger partial charge in [0.15, 0.2) is 5.65 Å². The molecular formula is C18H21N5OS. The fourth-order valence-electron chi connectivity index (χ4n) is 3.68. The van der Waals surface area contributed by atoms with Crippen molar-refractivity contribution in [1.82, 2.24) is 25.1 Å². The van der Waals surface area contributed by atoms with Crippen LogP contribution in [0.1, 0.15) is 33.1 Å². The molecule has 2 atom stereocenters. The Balaban J connectivity index is 1.51. The molecule has 25 heavy (non-hydrogen) atoms. The lowest BCUT2D eigenvalue weighted by Crippen LogP contribution is -2.48. The molecule has 3 aromatic rings. The van der Waals surface area contributed by atoms with E-state index in [0.29, 0.717) is 28.6 Å². The summed E-state index contributed by atoms with van der Waals surface area (Å²) < 4.78 is 0. The highest BCUT2D eigenvalue weighted by atomic mass is 32.2. The maximum Gasteiger partial charge on any atom is 0.233 e. The number of H-pyrrole nitrogens is 1. The number of fused-ring (bicyclic) bond motifs is 3. The molecule has 1 aliphatic rings. The second kappa shape index (κ2) is 6.63. The van der Waals surface area contributed by atoms with Gasteiger partial charge in [-0.2, -0.15) is 0 Å². The van der Waals surface area contributed by atoms with E-state index < -0.39 is 0 Å². The summed E-state index contributed by atoms with van der Waals surface area (Å²) in [6.07, 6.45) is 3.36. The Hall–Kier alpha value is -2.15. The average molecular weight is 355 g/mol. The minimum Gasteiger partial charge on any atom is -0.338 e. The van der Waals surface area contributed by atoms with Crippen molar-refractivity contribution in [2.24, 2.45) is 0 Å². The van der Waals surface area contributed by atoms with Gasteiger partial charge in [-0.25, -0.2) is 4.98 Å². The van der Waals surface area contributed by atoms with Crippen molar-refractivity contribution in [3.63, 3.8) is 0 Å². The van der Waals surface area contributed by atoms with E-state index in [1.54, 1.807) is 0 Å². The molecule has 0 aliphatic carbocycles. The number of carbonyl (C=O) groups is 1. The highest BCUT2D eigenvalue weighted by Gasteiger charge is 2.28. The predicted octanol–water partition coefficient (Wildman–Crippen LogP) is 3.39. The van der Waals surface area contributed by atoms with Gasteiger partial charge in [-0.1, -0.05) is 30.0 Å². The summed E-state index contributed by atoms with van der Waals surface area (Å²) in [6, 6.07) is 8.56. The van der Waals surface area contributed by atoms with Crippen LogP contribution in [0, 0.1) is 0 Å². The van der Waals surface area contributed by atoms with E-state index in [-0.39, 0.29) is 5.91 Å². The highest BCUT2D eigenvalue weighted by molar-refractivity contribution is 7.99. The second-order valence-corrected chi connectivity index (χ2v) is 7.62. The molecule has 1 fully saturated rings. The number of rotatable bonds is 3. The van der Waals surface area contributed by atoms with Gasteiger partial charge in [0.05, 0.1) is 5.75 Å². The summed E-state index contributed by atoms with van der Waals surface area (Å²) in [5.41, 5.74) is 2.48. The fourth-order valence-corrected chi connectivity index (χ4v) is 4.34. The maximum atomic E-state index is 12.6. The second-order valence-electron chi connectivity index (χ2n) is 6.68. The molecule has 1 aliphatic heterocycles. The molecule has 2 aromatic heterocycles. The number of hydrogen-bond acceptors (Lipinski definition) is 5. The zero-order valence-corrected chi connectivity index (χ0v) is 15.2. The van der Waals surface area contributed by atoms with Gasteiger partial charge in [-0.05, 0) is 39.2 Å². The standard InChI is InChI=1S/C18H21N5OS/c1-11-6-5-7-12(2)23(11)15(24)10-25-18-20-17-16(21-22-18)13-8-3-4-9-14(13)19-17/h3-4,8-9,11-12H,5-7,10H2,1-2H3,(H,19,20,22)/t11-,12-/m0/s1. The summed E-state index contributed by atoms with van der Waals surface area (Å²) in [6.45, 7) is 4.26. The number of carbonyl (C=O) groups excluding carboxylic acids is 1. The molecule has 4 rings (SSSR count). The number of aromatic nitrogens is 4. The average Bonchev–Trinajstić information content (AvgIpc) is 2.97. The SMILES string of the molecule is C[C@H]1CCC[C@H](C)N1C(=O)CSc1nnc2c(n1)[nH]c1ccccc12. The summed E-state index contributed by atoms with van der Waals surface area (Å²) in [4.78, 5) is 22.4. The van der Waals surface area contributed by atoms with Crippen LogP contribution in [0.15, 0.2) is 29.4 Å². The first-order valence-electron chi connectivity index (χ1n) is 8.68. The molecule has 0 saturated carbocycles. The van der Waals surface area contributed by atoms with E-state index in [2.05, 4.69) is 34.0 Å². The van der Waals surface area contributed by atoms with Crippen molar-refractivity contribution in [3.05, 3.63) is 24.3 Å². The Bertz CT molecular complexity index is 914. The van der Waals surface area contributed by atoms with Crippen molar-refractivity contribution in [2.75, 3.05) is 5.75 Å². The van der Waals surface area contributed by atoms with Crippen LogP contribution in [-0.4, -0.2) is 48.8 Å². The van der Waals surface area contributed by atoms with E-state index in [4.69, 9.17) is 0 Å². The van der Waals surface area contributed by atoms with Crippen LogP contribution in [0.2, 0.25) is 0 Å². The molecule has 1 N–H and O–H groups in total. The maximum absolute atomic E-state index is 12.6. The van der Waals surface area contributed by atoms with Crippen LogP contribution in [-0.2, 0) is 4.79 Å². The topological polar surface area (TPSA) is 74.8 Å². The highest BCUT2D eigenvalue weighted by Crippen LogP contribution is 2.26. The number of amides is 1. The van der Waals surface area contributed by atoms with E-state index in [0.717, 1.165) is 29.3 Å². The van der Waals surface area contributed by atoms with Crippen molar-refractivity contribution in [3.8, 4) is 0 Å². The monoisotopic (exact) mass is 355 g/mol. The lowest BCUT2D eigenvalue weighted by atomic mass is 9.98. The van der Waals surface area contributed by atoms with E-state index in [1.807, 2.05) is 29.2 Å². The molecule has 130 valence electrons. The number of likely N-dealkylation sites (tertiary alicyclic amines) is 1. The number of nitrogens with one attached hydrogen (secondary N) is 1. The van der Waals surface area contributed by atoms with Gasteiger partial charge in [-0.15, -0.1) is 10.2 Å². The van der Waals surface area contributed by atoms with Crippen LogP contribution in [0.25, 0.3) is 22.1 Å². The number of hydrogen-bond donors (Lipinski definition) is 1. The zero-order chi connectivity index (χ0) is 17.4. The largest absolute Gasteiger partial charge is 0.338 e. The third-order valence-corrected chi connectivity index (χ3v) is 5.73. The lowest BCUT2D eigenvalue weighted by Gasteiger charge is -2.39. The van der Waals surface area contributed by atoms with Gasteiger partial charge >= 0.3 is 0 Å². The molecule has 0 unspecified atom stereocenters. The molecule has 1 amide bonds. The lowest BCUT2D eigenvalue weighted by molar-refractivity contribution is -0.134. The predicted molar refractivity (Wildman–Crippen MR) is 99.5 cm³/mol. The van der Waals surface area contributed by atoms with Gasteiger partial charge < -0.3 is 9.88 Å². The van der Waals surface area contributed by atoms with E-state index in [9.17, 15) is 4.79 Å². The van der Waals surface area contributed by atoms with Crippen molar-refractivity contribution in [2.45, 2.75) is 50.4 Å². The third-order valence-electron chi connectivity index (χ3n) is 4.91. The van der Waals surface area contributed by atoms with Crippen LogP contribution < -0.4 is 0 Å². The molecular weight excluding hydrogens is 334 g/mol. The van der Waals surface area contributed by atoms with Crippen molar-refractivity contribution in [1.29, 1.82) is 0 Å². The molecule has 0 spiro atoms. The van der Waals surface area contributed by atoms with Crippen LogP contribution >= 0.6 is 11.8 Å². The molecule has 0 radical (unpaired) electrons. The van der Waals surface area contributed by atoms with Gasteiger partial charge in [0.25, 0.3) is 0 Å². The van der Waals surface area contributed by atoms with E-state index >= 15 is 0 Å². The smallest absolute Gasteiger partial charge is 0.233 e. The number of para-hydroxylation sites is 1. The normalized spacial score (nSPS) is 21.1. The number of benzene rings is 1. The number of aromatic amines is 1. The quantitative estimate of drug-likeness (QED) is 0.729. The number of nitrogens with zero attached hydrogens (tertiary/aromatic N) is 4. The summed E-state index contributed by atoms with van der Waals surface area (Å²) in [5.74, 6) is 0.507. The Morgan fingerprint density at radius 1 is 1.24 bits per heavy atom. The van der Waals surface area contributed by atoms with Gasteiger partial charge in [-0.3, -0.25) is 4.79 Å². The minimum atomic E-state index is 0.157. The molecule has 1 aromatic carbocycles. The van der Waals surface area contributed by atoms with Crippen LogP contribution in [0.4, 0.5) is 0 Å². The first kappa shape index (κ1) is 16.3.